The van der Waals surface area contributed by atoms with Gasteiger partial charge in [0.25, 0.3) is 5.91 Å². The molecule has 0 saturated carbocycles. The maximum Gasteiger partial charge on any atom is 0.251 e. The summed E-state index contributed by atoms with van der Waals surface area (Å²) in [6, 6.07) is 26.5. The number of benzene rings is 3. The van der Waals surface area contributed by atoms with Gasteiger partial charge in [-0.3, -0.25) is 14.4 Å². The number of rotatable bonds is 9. The van der Waals surface area contributed by atoms with Crippen LogP contribution >= 0.6 is 0 Å². The minimum absolute atomic E-state index is 0.0128. The van der Waals surface area contributed by atoms with Gasteiger partial charge in [-0.2, -0.15) is 0 Å². The number of carbonyl (C=O) groups is 3. The molecule has 6 heteroatoms. The average molecular weight is 430 g/mol. The van der Waals surface area contributed by atoms with Crippen molar-refractivity contribution in [3.63, 3.8) is 0 Å². The molecule has 6 nitrogen and oxygen atoms in total. The first kappa shape index (κ1) is 22.7. The molecule has 0 fully saturated rings. The van der Waals surface area contributed by atoms with Gasteiger partial charge in [-0.15, -0.1) is 0 Å². The Morgan fingerprint density at radius 1 is 0.750 bits per heavy atom. The Morgan fingerprint density at radius 3 is 1.94 bits per heavy atom. The van der Waals surface area contributed by atoms with E-state index >= 15 is 0 Å². The standard InChI is InChI=1S/C26H27N3O3/c1-19(25(31)27-18-20-11-5-2-6-12-20)28-24(30)17-23(21-13-7-3-8-14-21)29-26(32)22-15-9-4-10-16-22/h2-16,19,23H,17-18H2,1H3,(H,27,31)(H,28,30)(H,29,32). The van der Waals surface area contributed by atoms with E-state index in [4.69, 9.17) is 0 Å². The van der Waals surface area contributed by atoms with Crippen molar-refractivity contribution in [3.8, 4) is 0 Å². The molecule has 0 spiro atoms. The zero-order chi connectivity index (χ0) is 22.8. The van der Waals surface area contributed by atoms with Crippen LogP contribution in [0.1, 0.15) is 40.9 Å². The summed E-state index contributed by atoms with van der Waals surface area (Å²) < 4.78 is 0. The topological polar surface area (TPSA) is 87.3 Å². The summed E-state index contributed by atoms with van der Waals surface area (Å²) >= 11 is 0. The predicted octanol–water partition coefficient (Wildman–Crippen LogP) is 3.37. The molecule has 0 bridgehead atoms. The average Bonchev–Trinajstić information content (AvgIpc) is 2.83. The minimum atomic E-state index is -0.701. The van der Waals surface area contributed by atoms with Crippen molar-refractivity contribution in [2.24, 2.45) is 0 Å². The fourth-order valence-electron chi connectivity index (χ4n) is 3.26. The lowest BCUT2D eigenvalue weighted by Crippen LogP contribution is -2.45. The van der Waals surface area contributed by atoms with Gasteiger partial charge in [-0.25, -0.2) is 0 Å². The van der Waals surface area contributed by atoms with Gasteiger partial charge in [0, 0.05) is 12.1 Å². The van der Waals surface area contributed by atoms with Crippen molar-refractivity contribution in [2.45, 2.75) is 32.0 Å². The van der Waals surface area contributed by atoms with Crippen LogP contribution in [0, 0.1) is 0 Å². The first-order valence-corrected chi connectivity index (χ1v) is 10.5. The lowest BCUT2D eigenvalue weighted by Gasteiger charge is -2.21. The highest BCUT2D eigenvalue weighted by molar-refractivity contribution is 5.95. The van der Waals surface area contributed by atoms with Crippen LogP contribution in [-0.2, 0) is 16.1 Å². The number of hydrogen-bond donors (Lipinski definition) is 3. The second-order valence-corrected chi connectivity index (χ2v) is 7.50. The smallest absolute Gasteiger partial charge is 0.251 e. The van der Waals surface area contributed by atoms with Gasteiger partial charge < -0.3 is 16.0 Å². The molecule has 3 rings (SSSR count). The van der Waals surface area contributed by atoms with Crippen molar-refractivity contribution in [3.05, 3.63) is 108 Å². The van der Waals surface area contributed by atoms with Crippen LogP contribution in [0.3, 0.4) is 0 Å². The van der Waals surface area contributed by atoms with E-state index in [0.717, 1.165) is 11.1 Å². The molecule has 0 aliphatic rings. The highest BCUT2D eigenvalue weighted by Crippen LogP contribution is 2.17. The monoisotopic (exact) mass is 429 g/mol. The van der Waals surface area contributed by atoms with Crippen LogP contribution < -0.4 is 16.0 Å². The number of carbonyl (C=O) groups excluding carboxylic acids is 3. The quantitative estimate of drug-likeness (QED) is 0.487. The SMILES string of the molecule is CC(NC(=O)CC(NC(=O)c1ccccc1)c1ccccc1)C(=O)NCc1ccccc1. The minimum Gasteiger partial charge on any atom is -0.350 e. The third-order valence-electron chi connectivity index (χ3n) is 5.01. The molecule has 0 aliphatic heterocycles. The van der Waals surface area contributed by atoms with Crippen LogP contribution in [0.5, 0.6) is 0 Å². The van der Waals surface area contributed by atoms with Crippen LogP contribution in [0.4, 0.5) is 0 Å². The van der Waals surface area contributed by atoms with E-state index in [1.807, 2.05) is 66.7 Å². The van der Waals surface area contributed by atoms with Gasteiger partial charge in [0.1, 0.15) is 6.04 Å². The molecule has 32 heavy (non-hydrogen) atoms. The Kier molecular flexibility index (Phi) is 8.15. The van der Waals surface area contributed by atoms with Gasteiger partial charge in [-0.05, 0) is 30.2 Å². The first-order valence-electron chi connectivity index (χ1n) is 10.5. The third kappa shape index (κ3) is 6.80. The van der Waals surface area contributed by atoms with Crippen LogP contribution in [0.15, 0.2) is 91.0 Å². The maximum atomic E-state index is 12.7. The van der Waals surface area contributed by atoms with E-state index in [1.54, 1.807) is 31.2 Å². The number of hydrogen-bond acceptors (Lipinski definition) is 3. The Hall–Kier alpha value is -3.93. The fourth-order valence-corrected chi connectivity index (χ4v) is 3.26. The lowest BCUT2D eigenvalue weighted by molar-refractivity contribution is -0.128. The molecule has 164 valence electrons. The summed E-state index contributed by atoms with van der Waals surface area (Å²) in [5, 5.41) is 8.48. The van der Waals surface area contributed by atoms with Crippen molar-refractivity contribution in [2.75, 3.05) is 0 Å². The van der Waals surface area contributed by atoms with Gasteiger partial charge in [-0.1, -0.05) is 78.9 Å². The second kappa shape index (κ2) is 11.5. The Bertz CT molecular complexity index is 1020. The zero-order valence-electron chi connectivity index (χ0n) is 18.0. The highest BCUT2D eigenvalue weighted by Gasteiger charge is 2.22. The van der Waals surface area contributed by atoms with Gasteiger partial charge in [0.15, 0.2) is 0 Å². The highest BCUT2D eigenvalue weighted by atomic mass is 16.2. The molecule has 0 saturated heterocycles. The summed E-state index contributed by atoms with van der Waals surface area (Å²) in [6.07, 6.45) is 0.0128. The van der Waals surface area contributed by atoms with E-state index < -0.39 is 12.1 Å². The molecule has 0 aliphatic carbocycles. The van der Waals surface area contributed by atoms with E-state index in [-0.39, 0.29) is 24.1 Å². The fraction of sp³-hybridized carbons (Fsp3) is 0.192. The molecule has 0 aromatic heterocycles. The van der Waals surface area contributed by atoms with Crippen LogP contribution in [0.25, 0.3) is 0 Å². The van der Waals surface area contributed by atoms with Crippen LogP contribution in [0.2, 0.25) is 0 Å². The molecule has 2 atom stereocenters. The Balaban J connectivity index is 1.59. The van der Waals surface area contributed by atoms with E-state index in [0.29, 0.717) is 12.1 Å². The molecule has 3 N–H and O–H groups in total. The molecule has 2 unspecified atom stereocenters. The van der Waals surface area contributed by atoms with E-state index in [1.165, 1.54) is 0 Å². The first-order chi connectivity index (χ1) is 15.5. The lowest BCUT2D eigenvalue weighted by atomic mass is 10.0. The summed E-state index contributed by atoms with van der Waals surface area (Å²) in [5.74, 6) is -0.859. The van der Waals surface area contributed by atoms with Crippen molar-refractivity contribution < 1.29 is 14.4 Å². The van der Waals surface area contributed by atoms with Crippen molar-refractivity contribution in [1.82, 2.24) is 16.0 Å². The van der Waals surface area contributed by atoms with Gasteiger partial charge >= 0.3 is 0 Å². The third-order valence-corrected chi connectivity index (χ3v) is 5.01. The molecule has 0 radical (unpaired) electrons. The zero-order valence-corrected chi connectivity index (χ0v) is 18.0. The molecule has 3 aromatic carbocycles. The van der Waals surface area contributed by atoms with Gasteiger partial charge in [0.05, 0.1) is 12.5 Å². The second-order valence-electron chi connectivity index (χ2n) is 7.50. The van der Waals surface area contributed by atoms with Crippen molar-refractivity contribution in [1.29, 1.82) is 0 Å². The van der Waals surface area contributed by atoms with E-state index in [9.17, 15) is 14.4 Å². The summed E-state index contributed by atoms with van der Waals surface area (Å²) in [5.41, 5.74) is 2.31. The summed E-state index contributed by atoms with van der Waals surface area (Å²) in [4.78, 5) is 37.7. The number of nitrogens with one attached hydrogen (secondary N) is 3. The normalized spacial score (nSPS) is 12.3. The summed E-state index contributed by atoms with van der Waals surface area (Å²) in [6.45, 7) is 2.03. The van der Waals surface area contributed by atoms with E-state index in [2.05, 4.69) is 16.0 Å². The Morgan fingerprint density at radius 2 is 1.31 bits per heavy atom. The van der Waals surface area contributed by atoms with Crippen LogP contribution in [-0.4, -0.2) is 23.8 Å². The molecule has 0 heterocycles. The summed E-state index contributed by atoms with van der Waals surface area (Å²) in [7, 11) is 0. The maximum absolute atomic E-state index is 12.7. The molecular weight excluding hydrogens is 402 g/mol. The number of amides is 3. The Labute approximate surface area is 188 Å². The molecule has 3 aromatic rings. The van der Waals surface area contributed by atoms with Gasteiger partial charge in [0.2, 0.25) is 11.8 Å². The predicted molar refractivity (Wildman–Crippen MR) is 124 cm³/mol. The largest absolute Gasteiger partial charge is 0.350 e. The molecule has 3 amide bonds. The van der Waals surface area contributed by atoms with Crippen molar-refractivity contribution >= 4 is 17.7 Å². The molecular formula is C26H27N3O3.